The van der Waals surface area contributed by atoms with E-state index >= 15 is 0 Å². The minimum absolute atomic E-state index is 0.00108. The van der Waals surface area contributed by atoms with Gasteiger partial charge < -0.3 is 30.5 Å². The Labute approximate surface area is 188 Å². The summed E-state index contributed by atoms with van der Waals surface area (Å²) in [6.45, 7) is 5.08. The van der Waals surface area contributed by atoms with Crippen molar-refractivity contribution in [1.29, 1.82) is 0 Å². The Kier molecular flexibility index (Phi) is 9.06. The normalized spacial score (nSPS) is 29.2. The van der Waals surface area contributed by atoms with E-state index in [1.165, 1.54) is 4.90 Å². The second-order valence-electron chi connectivity index (χ2n) is 9.34. The topological polar surface area (TPSA) is 145 Å². The van der Waals surface area contributed by atoms with Crippen LogP contribution in [-0.4, -0.2) is 75.4 Å². The molecule has 10 heteroatoms. The first kappa shape index (κ1) is 25.6. The molecule has 0 aromatic carbocycles. The number of aliphatic hydroxyl groups is 1. The van der Waals surface area contributed by atoms with Crippen LogP contribution in [0, 0.1) is 0 Å². The number of fused-ring (bicyclic) bond motifs is 1. The molecule has 1 fully saturated rings. The van der Waals surface area contributed by atoms with Crippen LogP contribution in [0.4, 0.5) is 4.79 Å². The summed E-state index contributed by atoms with van der Waals surface area (Å²) in [5.41, 5.74) is -0.739. The fourth-order valence-electron chi connectivity index (χ4n) is 3.84. The van der Waals surface area contributed by atoms with Crippen LogP contribution < -0.4 is 10.6 Å². The van der Waals surface area contributed by atoms with Gasteiger partial charge in [-0.3, -0.25) is 9.59 Å². The quantitative estimate of drug-likeness (QED) is 0.461. The molecule has 0 aliphatic carbocycles. The molecule has 2 rings (SSSR count). The van der Waals surface area contributed by atoms with Crippen LogP contribution in [0.5, 0.6) is 0 Å². The average molecular weight is 454 g/mol. The second-order valence-corrected chi connectivity index (χ2v) is 9.34. The molecule has 2 aliphatic heterocycles. The molecule has 0 bridgehead atoms. The third-order valence-corrected chi connectivity index (χ3v) is 5.37. The third kappa shape index (κ3) is 7.81. The van der Waals surface area contributed by atoms with Crippen LogP contribution in [0.2, 0.25) is 0 Å². The molecule has 10 nitrogen and oxygen atoms in total. The summed E-state index contributed by atoms with van der Waals surface area (Å²) in [5, 5.41) is 24.7. The molecule has 3 amide bonds. The van der Waals surface area contributed by atoms with E-state index in [2.05, 4.69) is 10.6 Å². The predicted octanol–water partition coefficient (Wildman–Crippen LogP) is 1.32. The Balaban J connectivity index is 2.25. The van der Waals surface area contributed by atoms with Crippen molar-refractivity contribution in [1.82, 2.24) is 15.5 Å². The first-order chi connectivity index (χ1) is 15.0. The number of hydrogen-bond acceptors (Lipinski definition) is 6. The van der Waals surface area contributed by atoms with Crippen molar-refractivity contribution in [2.75, 3.05) is 6.54 Å². The number of aliphatic hydroxyl groups excluding tert-OH is 1. The lowest BCUT2D eigenvalue weighted by atomic mass is 10.1. The zero-order valence-electron chi connectivity index (χ0n) is 19.0. The highest BCUT2D eigenvalue weighted by molar-refractivity contribution is 5.93. The van der Waals surface area contributed by atoms with Crippen molar-refractivity contribution >= 4 is 23.9 Å². The van der Waals surface area contributed by atoms with Gasteiger partial charge in [0.15, 0.2) is 0 Å². The summed E-state index contributed by atoms with van der Waals surface area (Å²) >= 11 is 0. The van der Waals surface area contributed by atoms with E-state index in [4.69, 9.17) is 4.74 Å². The molecule has 2 aliphatic rings. The molecule has 2 heterocycles. The van der Waals surface area contributed by atoms with Crippen LogP contribution in [0.15, 0.2) is 12.2 Å². The van der Waals surface area contributed by atoms with Gasteiger partial charge in [0.2, 0.25) is 11.8 Å². The summed E-state index contributed by atoms with van der Waals surface area (Å²) in [5.74, 6) is -2.30. The number of amides is 3. The van der Waals surface area contributed by atoms with Gasteiger partial charge in [0.05, 0.1) is 6.10 Å². The number of nitrogens with zero attached hydrogens (tertiary/aromatic N) is 1. The second kappa shape index (κ2) is 11.3. The number of aliphatic carboxylic acids is 1. The molecule has 4 atom stereocenters. The van der Waals surface area contributed by atoms with Gasteiger partial charge in [-0.1, -0.05) is 25.0 Å². The number of rotatable bonds is 2. The minimum atomic E-state index is -1.17. The Morgan fingerprint density at radius 3 is 2.56 bits per heavy atom. The summed E-state index contributed by atoms with van der Waals surface area (Å²) in [4.78, 5) is 51.3. The fourth-order valence-corrected chi connectivity index (χ4v) is 3.84. The summed E-state index contributed by atoms with van der Waals surface area (Å²) in [6.07, 6.45) is 5.54. The molecule has 0 aromatic rings. The van der Waals surface area contributed by atoms with Gasteiger partial charge >= 0.3 is 12.1 Å². The molecule has 0 saturated carbocycles. The number of hydrogen-bond donors (Lipinski definition) is 4. The van der Waals surface area contributed by atoms with Gasteiger partial charge in [-0.15, -0.1) is 0 Å². The van der Waals surface area contributed by atoms with Crippen molar-refractivity contribution in [3.63, 3.8) is 0 Å². The first-order valence-corrected chi connectivity index (χ1v) is 11.1. The largest absolute Gasteiger partial charge is 0.480 e. The smallest absolute Gasteiger partial charge is 0.408 e. The standard InChI is InChI=1S/C22H35N3O7/c1-22(2,3)32-21(31)24-15-10-8-6-4-5-7-9-11-16(20(29)30)23-18(27)17-12-14(26)13-25(17)19(15)28/h7,9,14-17,26H,4-6,8,10-13H2,1-3H3,(H,23,27)(H,24,31)(H,29,30)/b9-7-/t14-,15+,16?,17+/m1/s1. The lowest BCUT2D eigenvalue weighted by Gasteiger charge is -2.30. The van der Waals surface area contributed by atoms with Gasteiger partial charge in [0.25, 0.3) is 0 Å². The van der Waals surface area contributed by atoms with Crippen LogP contribution in [0.25, 0.3) is 0 Å². The summed E-state index contributed by atoms with van der Waals surface area (Å²) < 4.78 is 5.28. The lowest BCUT2D eigenvalue weighted by Crippen LogP contribution is -2.55. The Hall–Kier alpha value is -2.62. The maximum absolute atomic E-state index is 13.3. The number of carbonyl (C=O) groups excluding carboxylic acids is 3. The Morgan fingerprint density at radius 2 is 1.91 bits per heavy atom. The maximum atomic E-state index is 13.3. The number of carboxylic acids is 1. The molecule has 180 valence electrons. The van der Waals surface area contributed by atoms with Gasteiger partial charge in [-0.25, -0.2) is 9.59 Å². The molecule has 0 radical (unpaired) electrons. The van der Waals surface area contributed by atoms with E-state index in [0.29, 0.717) is 12.8 Å². The molecular weight excluding hydrogens is 418 g/mol. The monoisotopic (exact) mass is 453 g/mol. The fraction of sp³-hybridized carbons (Fsp3) is 0.727. The predicted molar refractivity (Wildman–Crippen MR) is 116 cm³/mol. The molecule has 0 aromatic heterocycles. The summed E-state index contributed by atoms with van der Waals surface area (Å²) in [6, 6.07) is -3.06. The van der Waals surface area contributed by atoms with Crippen LogP contribution in [0.3, 0.4) is 0 Å². The van der Waals surface area contributed by atoms with Gasteiger partial charge in [-0.05, 0) is 46.5 Å². The highest BCUT2D eigenvalue weighted by Gasteiger charge is 2.42. The molecule has 1 unspecified atom stereocenters. The molecule has 32 heavy (non-hydrogen) atoms. The maximum Gasteiger partial charge on any atom is 0.408 e. The molecular formula is C22H35N3O7. The minimum Gasteiger partial charge on any atom is -0.480 e. The van der Waals surface area contributed by atoms with Crippen molar-refractivity contribution in [2.45, 2.75) is 95.5 Å². The third-order valence-electron chi connectivity index (χ3n) is 5.37. The van der Waals surface area contributed by atoms with Crippen molar-refractivity contribution in [2.24, 2.45) is 0 Å². The number of ether oxygens (including phenoxy) is 1. The first-order valence-electron chi connectivity index (χ1n) is 11.1. The zero-order valence-corrected chi connectivity index (χ0v) is 19.0. The number of carboxylic acid groups (broad SMARTS) is 1. The zero-order chi connectivity index (χ0) is 23.9. The molecule has 0 spiro atoms. The number of allylic oxidation sites excluding steroid dienone is 1. The number of alkyl carbamates (subject to hydrolysis) is 1. The van der Waals surface area contributed by atoms with E-state index < -0.39 is 53.7 Å². The van der Waals surface area contributed by atoms with E-state index in [9.17, 15) is 29.4 Å². The molecule has 4 N–H and O–H groups in total. The summed E-state index contributed by atoms with van der Waals surface area (Å²) in [7, 11) is 0. The van der Waals surface area contributed by atoms with Gasteiger partial charge in [-0.2, -0.15) is 0 Å². The highest BCUT2D eigenvalue weighted by Crippen LogP contribution is 2.22. The molecule has 1 saturated heterocycles. The lowest BCUT2D eigenvalue weighted by molar-refractivity contribution is -0.144. The van der Waals surface area contributed by atoms with E-state index in [0.717, 1.165) is 19.3 Å². The van der Waals surface area contributed by atoms with Crippen LogP contribution >= 0.6 is 0 Å². The van der Waals surface area contributed by atoms with Crippen molar-refractivity contribution in [3.8, 4) is 0 Å². The van der Waals surface area contributed by atoms with E-state index in [1.807, 2.05) is 6.08 Å². The average Bonchev–Trinajstić information content (AvgIpc) is 3.06. The van der Waals surface area contributed by atoms with Gasteiger partial charge in [0.1, 0.15) is 23.7 Å². The van der Waals surface area contributed by atoms with Gasteiger partial charge in [0, 0.05) is 13.0 Å². The number of carbonyl (C=O) groups is 4. The van der Waals surface area contributed by atoms with Crippen molar-refractivity contribution < 1.29 is 34.1 Å². The van der Waals surface area contributed by atoms with Crippen LogP contribution in [0.1, 0.15) is 65.7 Å². The Bertz CT molecular complexity index is 732. The van der Waals surface area contributed by atoms with E-state index in [1.54, 1.807) is 26.8 Å². The SMILES string of the molecule is CC(C)(C)OC(=O)N[C@H]1CCCCC/C=C\CC(C(=O)O)NC(=O)[C@@H]2C[C@@H](O)CN2C1=O. The van der Waals surface area contributed by atoms with Crippen LogP contribution in [-0.2, 0) is 19.1 Å². The van der Waals surface area contributed by atoms with E-state index in [-0.39, 0.29) is 19.4 Å². The Morgan fingerprint density at radius 1 is 1.19 bits per heavy atom. The number of nitrogens with one attached hydrogen (secondary N) is 2. The highest BCUT2D eigenvalue weighted by atomic mass is 16.6. The van der Waals surface area contributed by atoms with Crippen molar-refractivity contribution in [3.05, 3.63) is 12.2 Å².